The van der Waals surface area contributed by atoms with E-state index in [4.69, 9.17) is 4.42 Å². The summed E-state index contributed by atoms with van der Waals surface area (Å²) in [7, 11) is 0. The molecule has 0 radical (unpaired) electrons. The van der Waals surface area contributed by atoms with E-state index in [9.17, 15) is 9.18 Å². The molecule has 0 spiro atoms. The monoisotopic (exact) mass is 371 g/mol. The molecule has 0 saturated carbocycles. The summed E-state index contributed by atoms with van der Waals surface area (Å²) in [5, 5.41) is 0.963. The quantitative estimate of drug-likeness (QED) is 0.472. The Bertz CT molecular complexity index is 1390. The first-order valence-electron chi connectivity index (χ1n) is 8.75. The lowest BCUT2D eigenvalue weighted by atomic mass is 10.0. The van der Waals surface area contributed by atoms with Gasteiger partial charge in [-0.25, -0.2) is 9.37 Å². The van der Waals surface area contributed by atoms with Crippen LogP contribution >= 0.6 is 0 Å². The van der Waals surface area contributed by atoms with Gasteiger partial charge < -0.3 is 8.98 Å². The molecule has 0 aliphatic carbocycles. The second-order valence-corrected chi connectivity index (χ2v) is 6.53. The van der Waals surface area contributed by atoms with Crippen LogP contribution in [0.25, 0.3) is 33.1 Å². The summed E-state index contributed by atoms with van der Waals surface area (Å²) >= 11 is 0. The highest BCUT2D eigenvalue weighted by atomic mass is 19.1. The van der Waals surface area contributed by atoms with Crippen molar-refractivity contribution in [2.75, 3.05) is 0 Å². The number of fused-ring (bicyclic) bond motifs is 2. The maximum absolute atomic E-state index is 14.8. The van der Waals surface area contributed by atoms with E-state index in [1.807, 2.05) is 30.3 Å². The fourth-order valence-corrected chi connectivity index (χ4v) is 3.35. The van der Waals surface area contributed by atoms with Gasteiger partial charge in [0.15, 0.2) is 0 Å². The van der Waals surface area contributed by atoms with Gasteiger partial charge in [0, 0.05) is 17.1 Å². The summed E-state index contributed by atoms with van der Waals surface area (Å²) in [5.74, 6) is -0.365. The fraction of sp³-hybridized carbons (Fsp3) is 0.0455. The molecule has 0 aliphatic rings. The van der Waals surface area contributed by atoms with E-state index in [1.54, 1.807) is 30.8 Å². The first-order valence-corrected chi connectivity index (χ1v) is 8.75. The van der Waals surface area contributed by atoms with E-state index >= 15 is 0 Å². The lowest BCUT2D eigenvalue weighted by Crippen LogP contribution is -2.21. The van der Waals surface area contributed by atoms with Gasteiger partial charge in [0.1, 0.15) is 16.9 Å². The van der Waals surface area contributed by atoms with Crippen LogP contribution in [0.5, 0.6) is 0 Å². The van der Waals surface area contributed by atoms with Crippen LogP contribution < -0.4 is 5.56 Å². The third-order valence-corrected chi connectivity index (χ3v) is 4.82. The summed E-state index contributed by atoms with van der Waals surface area (Å²) in [6.07, 6.45) is 6.03. The Morgan fingerprint density at radius 3 is 2.75 bits per heavy atom. The molecular formula is C22H14FN3O2. The number of hydrogen-bond donors (Lipinski definition) is 0. The lowest BCUT2D eigenvalue weighted by Gasteiger charge is -2.11. The van der Waals surface area contributed by atoms with Gasteiger partial charge in [-0.2, -0.15) is 0 Å². The second kappa shape index (κ2) is 6.42. The average molecular weight is 371 g/mol. The molecule has 0 atom stereocenters. The molecule has 2 aromatic carbocycles. The Labute approximate surface area is 158 Å². The zero-order chi connectivity index (χ0) is 19.1. The highest BCUT2D eigenvalue weighted by molar-refractivity contribution is 5.83. The van der Waals surface area contributed by atoms with E-state index in [-0.39, 0.29) is 17.9 Å². The van der Waals surface area contributed by atoms with Crippen LogP contribution in [0, 0.1) is 5.82 Å². The molecule has 0 saturated heterocycles. The molecule has 136 valence electrons. The van der Waals surface area contributed by atoms with Gasteiger partial charge in [0.05, 0.1) is 30.7 Å². The minimum absolute atomic E-state index is 0.120. The average Bonchev–Trinajstić information content (AvgIpc) is 3.19. The number of halogens is 1. The van der Waals surface area contributed by atoms with Gasteiger partial charge >= 0.3 is 0 Å². The number of pyridine rings is 1. The van der Waals surface area contributed by atoms with Crippen LogP contribution in [-0.2, 0) is 6.54 Å². The van der Waals surface area contributed by atoms with Gasteiger partial charge in [0.2, 0.25) is 0 Å². The van der Waals surface area contributed by atoms with Crippen molar-refractivity contribution in [2.45, 2.75) is 6.54 Å². The molecule has 0 aliphatic heterocycles. The summed E-state index contributed by atoms with van der Waals surface area (Å²) < 4.78 is 21.7. The van der Waals surface area contributed by atoms with E-state index in [1.165, 1.54) is 16.8 Å². The van der Waals surface area contributed by atoms with Crippen molar-refractivity contribution in [2.24, 2.45) is 0 Å². The van der Waals surface area contributed by atoms with Crippen LogP contribution in [0.4, 0.5) is 4.39 Å². The van der Waals surface area contributed by atoms with Crippen LogP contribution in [0.15, 0.2) is 82.6 Å². The van der Waals surface area contributed by atoms with Crippen LogP contribution in [-0.4, -0.2) is 14.5 Å². The smallest absolute Gasteiger partial charge is 0.269 e. The molecule has 0 fully saturated rings. The van der Waals surface area contributed by atoms with Crippen molar-refractivity contribution in [3.8, 4) is 11.1 Å². The molecule has 5 aromatic rings. The van der Waals surface area contributed by atoms with Gasteiger partial charge in [-0.1, -0.05) is 18.2 Å². The van der Waals surface area contributed by atoms with E-state index < -0.39 is 0 Å². The molecule has 5 rings (SSSR count). The Morgan fingerprint density at radius 1 is 1.00 bits per heavy atom. The minimum Gasteiger partial charge on any atom is -0.464 e. The van der Waals surface area contributed by atoms with E-state index in [0.29, 0.717) is 16.6 Å². The van der Waals surface area contributed by atoms with Crippen molar-refractivity contribution in [1.82, 2.24) is 14.5 Å². The summed E-state index contributed by atoms with van der Waals surface area (Å²) in [6.45, 7) is 0.120. The van der Waals surface area contributed by atoms with Crippen LogP contribution in [0.3, 0.4) is 0 Å². The maximum Gasteiger partial charge on any atom is 0.269 e. The molecule has 3 heterocycles. The first kappa shape index (κ1) is 16.4. The molecule has 3 aromatic heterocycles. The third-order valence-electron chi connectivity index (χ3n) is 4.82. The van der Waals surface area contributed by atoms with Gasteiger partial charge in [-0.3, -0.25) is 9.78 Å². The molecule has 0 bridgehead atoms. The third kappa shape index (κ3) is 2.75. The topological polar surface area (TPSA) is 60.9 Å². The first-order chi connectivity index (χ1) is 13.7. The van der Waals surface area contributed by atoms with Gasteiger partial charge in [0.25, 0.3) is 5.56 Å². The molecule has 28 heavy (non-hydrogen) atoms. The fourth-order valence-electron chi connectivity index (χ4n) is 3.35. The van der Waals surface area contributed by atoms with Gasteiger partial charge in [-0.15, -0.1) is 0 Å². The predicted octanol–water partition coefficient (Wildman–Crippen LogP) is 4.39. The van der Waals surface area contributed by atoms with Gasteiger partial charge in [-0.05, 0) is 41.5 Å². The maximum atomic E-state index is 14.8. The highest BCUT2D eigenvalue weighted by Gasteiger charge is 2.10. The Balaban J connectivity index is 1.54. The standard InChI is InChI=1S/C22H14FN3O2/c23-18-10-15(14-3-4-21-16(9-14)6-8-28-21)1-2-17(18)13-26-20-5-7-24-11-19(20)25-12-22(26)27/h1-12H,13H2. The summed E-state index contributed by atoms with van der Waals surface area (Å²) in [4.78, 5) is 20.4. The highest BCUT2D eigenvalue weighted by Crippen LogP contribution is 2.27. The Morgan fingerprint density at radius 2 is 1.86 bits per heavy atom. The number of nitrogens with zero attached hydrogens (tertiary/aromatic N) is 3. The Hall–Kier alpha value is -3.80. The molecule has 0 N–H and O–H groups in total. The predicted molar refractivity (Wildman–Crippen MR) is 105 cm³/mol. The largest absolute Gasteiger partial charge is 0.464 e. The van der Waals surface area contributed by atoms with E-state index in [2.05, 4.69) is 9.97 Å². The molecular weight excluding hydrogens is 357 g/mol. The van der Waals surface area contributed by atoms with Crippen molar-refractivity contribution in [3.63, 3.8) is 0 Å². The normalized spacial score (nSPS) is 11.3. The van der Waals surface area contributed by atoms with Crippen molar-refractivity contribution in [3.05, 3.63) is 95.1 Å². The lowest BCUT2D eigenvalue weighted by molar-refractivity contribution is 0.599. The van der Waals surface area contributed by atoms with Crippen LogP contribution in [0.2, 0.25) is 0 Å². The zero-order valence-electron chi connectivity index (χ0n) is 14.7. The van der Waals surface area contributed by atoms with Crippen molar-refractivity contribution < 1.29 is 8.81 Å². The number of benzene rings is 2. The minimum atomic E-state index is -0.365. The molecule has 5 nitrogen and oxygen atoms in total. The number of furan rings is 1. The summed E-state index contributed by atoms with van der Waals surface area (Å²) in [6, 6.07) is 14.4. The zero-order valence-corrected chi connectivity index (χ0v) is 14.7. The Kier molecular flexibility index (Phi) is 3.76. The van der Waals surface area contributed by atoms with E-state index in [0.717, 1.165) is 22.1 Å². The number of rotatable bonds is 3. The van der Waals surface area contributed by atoms with Crippen molar-refractivity contribution >= 4 is 22.0 Å². The van der Waals surface area contributed by atoms with Crippen LogP contribution in [0.1, 0.15) is 5.56 Å². The number of hydrogen-bond acceptors (Lipinski definition) is 4. The summed E-state index contributed by atoms with van der Waals surface area (Å²) in [5.41, 5.74) is 3.81. The number of aromatic nitrogens is 3. The molecule has 6 heteroatoms. The molecule has 0 amide bonds. The SMILES string of the molecule is O=c1cnc2cnccc2n1Cc1ccc(-c2ccc3occc3c2)cc1F. The molecule has 0 unspecified atom stereocenters. The van der Waals surface area contributed by atoms with Crippen molar-refractivity contribution in [1.29, 1.82) is 0 Å². The second-order valence-electron chi connectivity index (χ2n) is 6.53.